The molecule has 0 N–H and O–H groups in total. The molecule has 0 saturated carbocycles. The Morgan fingerprint density at radius 2 is 1.73 bits per heavy atom. The maximum Gasteiger partial charge on any atom is 0.211 e. The number of rotatable bonds is 5. The highest BCUT2D eigenvalue weighted by Gasteiger charge is 2.23. The molecule has 1 aromatic heterocycles. The van der Waals surface area contributed by atoms with Crippen LogP contribution < -0.4 is 10.2 Å². The summed E-state index contributed by atoms with van der Waals surface area (Å²) in [6, 6.07) is 11.7. The lowest BCUT2D eigenvalue weighted by Crippen LogP contribution is -2.18. The van der Waals surface area contributed by atoms with E-state index in [-0.39, 0.29) is 9.79 Å². The molecule has 0 amide bonds. The molecule has 0 aliphatic rings. The Kier molecular flexibility index (Phi) is 4.87. The first-order valence-corrected chi connectivity index (χ1v) is 9.97. The first-order valence-electron chi connectivity index (χ1n) is 8.48. The van der Waals surface area contributed by atoms with Gasteiger partial charge in [0, 0.05) is 18.6 Å². The summed E-state index contributed by atoms with van der Waals surface area (Å²) in [7, 11) is -2.18. The van der Waals surface area contributed by atoms with Gasteiger partial charge in [-0.3, -0.25) is 4.79 Å². The maximum absolute atomic E-state index is 13.0. The fourth-order valence-electron chi connectivity index (χ4n) is 2.93. The standard InChI is InChI=1S/C20H21NO4S/c1-4-14-6-11-18-17(12-14)20(22)19(13-21(18)3)26(23,24)16-9-7-15(8-10-16)25-5-2/h6-13H,4-5H2,1-3H3. The fraction of sp³-hybridized carbons (Fsp3) is 0.250. The molecule has 3 aromatic rings. The molecule has 0 saturated heterocycles. The van der Waals surface area contributed by atoms with Crippen LogP contribution in [-0.4, -0.2) is 19.6 Å². The molecular formula is C20H21NO4S. The van der Waals surface area contributed by atoms with Gasteiger partial charge in [-0.05, 0) is 55.3 Å². The van der Waals surface area contributed by atoms with Gasteiger partial charge in [0.15, 0.2) is 0 Å². The van der Waals surface area contributed by atoms with E-state index < -0.39 is 15.3 Å². The Morgan fingerprint density at radius 1 is 1.04 bits per heavy atom. The van der Waals surface area contributed by atoms with Gasteiger partial charge in [-0.2, -0.15) is 0 Å². The number of sulfone groups is 1. The lowest BCUT2D eigenvalue weighted by molar-refractivity contribution is 0.340. The van der Waals surface area contributed by atoms with Crippen molar-refractivity contribution in [2.45, 2.75) is 30.1 Å². The van der Waals surface area contributed by atoms with Crippen molar-refractivity contribution in [1.82, 2.24) is 4.57 Å². The van der Waals surface area contributed by atoms with Crippen molar-refractivity contribution >= 4 is 20.7 Å². The number of aryl methyl sites for hydroxylation is 2. The van der Waals surface area contributed by atoms with Crippen LogP contribution in [0.5, 0.6) is 5.75 Å². The zero-order valence-electron chi connectivity index (χ0n) is 15.0. The number of aromatic nitrogens is 1. The summed E-state index contributed by atoms with van der Waals surface area (Å²) in [6.45, 7) is 4.34. The lowest BCUT2D eigenvalue weighted by atomic mass is 10.1. The summed E-state index contributed by atoms with van der Waals surface area (Å²) >= 11 is 0. The molecule has 0 atom stereocenters. The quantitative estimate of drug-likeness (QED) is 0.690. The molecule has 2 aromatic carbocycles. The summed E-state index contributed by atoms with van der Waals surface area (Å²) in [4.78, 5) is 12.8. The van der Waals surface area contributed by atoms with E-state index in [1.807, 2.05) is 26.0 Å². The van der Waals surface area contributed by atoms with E-state index >= 15 is 0 Å². The monoisotopic (exact) mass is 371 g/mol. The fourth-order valence-corrected chi connectivity index (χ4v) is 4.33. The highest BCUT2D eigenvalue weighted by molar-refractivity contribution is 7.91. The summed E-state index contributed by atoms with van der Waals surface area (Å²) in [5.74, 6) is 0.588. The molecule has 3 rings (SSSR count). The third-order valence-electron chi connectivity index (χ3n) is 4.36. The summed E-state index contributed by atoms with van der Waals surface area (Å²) in [5, 5.41) is 0.416. The van der Waals surface area contributed by atoms with Crippen LogP contribution in [0.25, 0.3) is 10.9 Å². The van der Waals surface area contributed by atoms with Crippen molar-refractivity contribution in [3.63, 3.8) is 0 Å². The number of hydrogen-bond acceptors (Lipinski definition) is 4. The molecule has 0 unspecified atom stereocenters. The zero-order valence-corrected chi connectivity index (χ0v) is 15.8. The van der Waals surface area contributed by atoms with Crippen molar-refractivity contribution in [3.8, 4) is 5.75 Å². The number of ether oxygens (including phenoxy) is 1. The molecule has 6 heteroatoms. The van der Waals surface area contributed by atoms with Crippen LogP contribution in [-0.2, 0) is 23.3 Å². The van der Waals surface area contributed by atoms with E-state index in [9.17, 15) is 13.2 Å². The normalized spacial score (nSPS) is 11.7. The molecular weight excluding hydrogens is 350 g/mol. The Labute approximate surface area is 152 Å². The highest BCUT2D eigenvalue weighted by Crippen LogP contribution is 2.23. The van der Waals surface area contributed by atoms with E-state index in [4.69, 9.17) is 4.74 Å². The van der Waals surface area contributed by atoms with Crippen LogP contribution in [0.2, 0.25) is 0 Å². The van der Waals surface area contributed by atoms with Crippen LogP contribution in [0.3, 0.4) is 0 Å². The SMILES string of the molecule is CCOc1ccc(S(=O)(=O)c2cn(C)c3ccc(CC)cc3c2=O)cc1. The Bertz CT molecular complexity index is 1110. The molecule has 136 valence electrons. The van der Waals surface area contributed by atoms with Gasteiger partial charge in [0.25, 0.3) is 0 Å². The minimum Gasteiger partial charge on any atom is -0.494 e. The molecule has 5 nitrogen and oxygen atoms in total. The Balaban J connectivity index is 2.20. The minimum atomic E-state index is -3.92. The van der Waals surface area contributed by atoms with Crippen molar-refractivity contribution in [2.75, 3.05) is 6.61 Å². The van der Waals surface area contributed by atoms with Gasteiger partial charge >= 0.3 is 0 Å². The second kappa shape index (κ2) is 6.96. The largest absolute Gasteiger partial charge is 0.494 e. The van der Waals surface area contributed by atoms with Gasteiger partial charge in [-0.15, -0.1) is 0 Å². The minimum absolute atomic E-state index is 0.0732. The van der Waals surface area contributed by atoms with Crippen LogP contribution in [0.4, 0.5) is 0 Å². The van der Waals surface area contributed by atoms with E-state index in [0.29, 0.717) is 23.3 Å². The molecule has 0 bridgehead atoms. The van der Waals surface area contributed by atoms with Gasteiger partial charge in [0.05, 0.1) is 17.0 Å². The molecule has 0 fully saturated rings. The molecule has 0 spiro atoms. The first kappa shape index (κ1) is 18.2. The average molecular weight is 371 g/mol. The summed E-state index contributed by atoms with van der Waals surface area (Å²) in [5.41, 5.74) is 1.23. The van der Waals surface area contributed by atoms with E-state index in [1.54, 1.807) is 29.8 Å². The average Bonchev–Trinajstić information content (AvgIpc) is 2.65. The Morgan fingerprint density at radius 3 is 2.35 bits per heavy atom. The second-order valence-corrected chi connectivity index (χ2v) is 7.96. The third kappa shape index (κ3) is 3.12. The van der Waals surface area contributed by atoms with Gasteiger partial charge in [-0.25, -0.2) is 8.42 Å². The molecule has 26 heavy (non-hydrogen) atoms. The van der Waals surface area contributed by atoms with Crippen molar-refractivity contribution < 1.29 is 13.2 Å². The highest BCUT2D eigenvalue weighted by atomic mass is 32.2. The van der Waals surface area contributed by atoms with Crippen LogP contribution >= 0.6 is 0 Å². The van der Waals surface area contributed by atoms with Crippen molar-refractivity contribution in [2.24, 2.45) is 7.05 Å². The molecule has 1 heterocycles. The Hall–Kier alpha value is -2.60. The number of pyridine rings is 1. The molecule has 0 aliphatic heterocycles. The molecule has 0 radical (unpaired) electrons. The van der Waals surface area contributed by atoms with Crippen LogP contribution in [0, 0.1) is 0 Å². The van der Waals surface area contributed by atoms with E-state index in [2.05, 4.69) is 0 Å². The summed E-state index contributed by atoms with van der Waals surface area (Å²) in [6.07, 6.45) is 2.16. The molecule has 0 aliphatic carbocycles. The predicted octanol–water partition coefficient (Wildman–Crippen LogP) is 3.33. The van der Waals surface area contributed by atoms with Gasteiger partial charge in [0.2, 0.25) is 15.3 Å². The van der Waals surface area contributed by atoms with Gasteiger partial charge in [-0.1, -0.05) is 13.0 Å². The summed E-state index contributed by atoms with van der Waals surface area (Å²) < 4.78 is 33.1. The smallest absolute Gasteiger partial charge is 0.211 e. The van der Waals surface area contributed by atoms with E-state index in [0.717, 1.165) is 12.0 Å². The maximum atomic E-state index is 13.0. The zero-order chi connectivity index (χ0) is 18.9. The van der Waals surface area contributed by atoms with Gasteiger partial charge < -0.3 is 9.30 Å². The van der Waals surface area contributed by atoms with Crippen LogP contribution in [0.15, 0.2) is 63.2 Å². The van der Waals surface area contributed by atoms with Crippen molar-refractivity contribution in [1.29, 1.82) is 0 Å². The van der Waals surface area contributed by atoms with Crippen LogP contribution in [0.1, 0.15) is 19.4 Å². The number of fused-ring (bicyclic) bond motifs is 1. The first-order chi connectivity index (χ1) is 12.4. The number of nitrogens with zero attached hydrogens (tertiary/aromatic N) is 1. The third-order valence-corrected chi connectivity index (χ3v) is 6.13. The number of benzene rings is 2. The van der Waals surface area contributed by atoms with E-state index in [1.165, 1.54) is 18.3 Å². The lowest BCUT2D eigenvalue weighted by Gasteiger charge is -2.11. The van der Waals surface area contributed by atoms with Crippen molar-refractivity contribution in [3.05, 3.63) is 64.4 Å². The predicted molar refractivity (Wildman–Crippen MR) is 102 cm³/mol. The number of hydrogen-bond donors (Lipinski definition) is 0. The van der Waals surface area contributed by atoms with Gasteiger partial charge in [0.1, 0.15) is 10.6 Å². The second-order valence-electron chi connectivity index (χ2n) is 6.05. The topological polar surface area (TPSA) is 65.4 Å².